The topological polar surface area (TPSA) is 16.4 Å². The van der Waals surface area contributed by atoms with Crippen molar-refractivity contribution in [3.63, 3.8) is 0 Å². The van der Waals surface area contributed by atoms with E-state index in [4.69, 9.17) is 12.6 Å². The summed E-state index contributed by atoms with van der Waals surface area (Å²) in [6.45, 7) is 0. The lowest BCUT2D eigenvalue weighted by atomic mass is 9.97. The van der Waals surface area contributed by atoms with Gasteiger partial charge in [-0.3, -0.25) is 0 Å². The largest absolute Gasteiger partial charge is 0.455 e. The van der Waals surface area contributed by atoms with Crippen LogP contribution in [-0.4, -0.2) is 0 Å². The fourth-order valence-corrected chi connectivity index (χ4v) is 7.21. The maximum absolute atomic E-state index is 9.41. The molecule has 0 saturated carbocycles. The molecule has 0 atom stereocenters. The first kappa shape index (κ1) is 22.1. The van der Waals surface area contributed by atoms with Gasteiger partial charge < -0.3 is 9.32 Å². The van der Waals surface area contributed by atoms with Crippen molar-refractivity contribution in [2.24, 2.45) is 0 Å². The molecule has 0 aliphatic rings. The van der Waals surface area contributed by atoms with Gasteiger partial charge in [0, 0.05) is 32.8 Å². The van der Waals surface area contributed by atoms with E-state index in [0.29, 0.717) is 11.4 Å². The van der Waals surface area contributed by atoms with Gasteiger partial charge in [0.1, 0.15) is 11.2 Å². The van der Waals surface area contributed by atoms with Gasteiger partial charge in [-0.15, -0.1) is 0 Å². The minimum atomic E-state index is -0.496. The van der Waals surface area contributed by atoms with E-state index < -0.39 is 30.2 Å². The van der Waals surface area contributed by atoms with Gasteiger partial charge in [0.15, 0.2) is 0 Å². The van der Waals surface area contributed by atoms with E-state index in [9.17, 15) is 1.37 Å². The molecule has 0 spiro atoms. The minimum Gasteiger partial charge on any atom is -0.455 e. The van der Waals surface area contributed by atoms with Crippen LogP contribution in [0.5, 0.6) is 0 Å². The van der Waals surface area contributed by atoms with E-state index in [-0.39, 0.29) is 28.5 Å². The summed E-state index contributed by atoms with van der Waals surface area (Å²) in [6.07, 6.45) is 0. The summed E-state index contributed by atoms with van der Waals surface area (Å²) >= 11 is 0. The molecule has 2 heteroatoms. The Morgan fingerprint density at radius 3 is 2.02 bits per heavy atom. The third-order valence-corrected chi connectivity index (χ3v) is 9.56. The van der Waals surface area contributed by atoms with Gasteiger partial charge in [-0.2, -0.15) is 0 Å². The Labute approximate surface area is 299 Å². The van der Waals surface area contributed by atoms with Crippen LogP contribution in [0.2, 0.25) is 0 Å². The summed E-state index contributed by atoms with van der Waals surface area (Å²) in [5.41, 5.74) is 6.50. The molecule has 0 N–H and O–H groups in total. The maximum Gasteiger partial charge on any atom is 0.143 e. The van der Waals surface area contributed by atoms with Crippen LogP contribution in [0, 0.1) is 0 Å². The zero-order valence-corrected chi connectivity index (χ0v) is 26.7. The molecule has 234 valence electrons. The molecule has 1 aromatic heterocycles. The molecule has 9 aromatic carbocycles. The first-order valence-electron chi connectivity index (χ1n) is 20.0. The number of rotatable bonds is 5. The Morgan fingerprint density at radius 2 is 1.12 bits per heavy atom. The van der Waals surface area contributed by atoms with Gasteiger partial charge in [-0.25, -0.2) is 0 Å². The molecule has 0 bridgehead atoms. The van der Waals surface area contributed by atoms with Crippen molar-refractivity contribution in [1.29, 1.82) is 0 Å². The molecule has 0 aliphatic carbocycles. The van der Waals surface area contributed by atoms with Crippen LogP contribution in [0.25, 0.3) is 76.5 Å². The Hall–Kier alpha value is -6.64. The molecule has 0 saturated heterocycles. The lowest BCUT2D eigenvalue weighted by Gasteiger charge is -2.29. The molecule has 0 amide bonds. The molecule has 10 rings (SSSR count). The Bertz CT molecular complexity index is 3270. The van der Waals surface area contributed by atoms with Crippen molar-refractivity contribution >= 4 is 71.3 Å². The van der Waals surface area contributed by atoms with E-state index in [1.165, 1.54) is 0 Å². The summed E-state index contributed by atoms with van der Waals surface area (Å²) in [6, 6.07) is 45.3. The third kappa shape index (κ3) is 4.57. The van der Waals surface area contributed by atoms with Gasteiger partial charge in [-0.1, -0.05) is 145 Å². The van der Waals surface area contributed by atoms with Gasteiger partial charge in [0.2, 0.25) is 0 Å². The summed E-state index contributed by atoms with van der Waals surface area (Å²) in [4.78, 5) is 1.80. The molecule has 0 fully saturated rings. The average Bonchev–Trinajstić information content (AvgIpc) is 3.63. The van der Waals surface area contributed by atoms with Crippen molar-refractivity contribution in [1.82, 2.24) is 0 Å². The van der Waals surface area contributed by atoms with Crippen molar-refractivity contribution < 1.29 is 14.0 Å². The second-order valence-corrected chi connectivity index (χ2v) is 12.4. The van der Waals surface area contributed by atoms with Crippen molar-refractivity contribution in [2.45, 2.75) is 0 Å². The number of fused-ring (bicyclic) bond motifs is 7. The SMILES string of the molecule is [2H]c1c([2H])c([2H])c2c(N(c3ccc(-c4cccc5ccccc45)cc3)c3ccccc3-c3ccc4oc5c6ccccc6ccc5c4c3)c([2H])c([2H])c([2H])c2c1[2H]. The number of anilines is 3. The summed E-state index contributed by atoms with van der Waals surface area (Å²) in [5, 5.41) is 6.13. The number of para-hydroxylation sites is 1. The molecule has 0 radical (unpaired) electrons. The molecule has 1 heterocycles. The molecular formula is C48H31NO. The van der Waals surface area contributed by atoms with Crippen LogP contribution in [-0.2, 0) is 0 Å². The van der Waals surface area contributed by atoms with Gasteiger partial charge in [0.25, 0.3) is 0 Å². The summed E-state index contributed by atoms with van der Waals surface area (Å²) < 4.78 is 68.7. The van der Waals surface area contributed by atoms with Crippen molar-refractivity contribution in [3.05, 3.63) is 188 Å². The summed E-state index contributed by atoms with van der Waals surface area (Å²) in [5.74, 6) is 0. The van der Waals surface area contributed by atoms with Crippen molar-refractivity contribution in [3.8, 4) is 22.3 Å². The second-order valence-electron chi connectivity index (χ2n) is 12.4. The highest BCUT2D eigenvalue weighted by Crippen LogP contribution is 2.45. The van der Waals surface area contributed by atoms with E-state index in [1.54, 1.807) is 4.90 Å². The number of benzene rings is 9. The fourth-order valence-electron chi connectivity index (χ4n) is 7.21. The Balaban J connectivity index is 1.24. The third-order valence-electron chi connectivity index (χ3n) is 9.56. The smallest absolute Gasteiger partial charge is 0.143 e. The van der Waals surface area contributed by atoms with Gasteiger partial charge >= 0.3 is 0 Å². The predicted molar refractivity (Wildman–Crippen MR) is 212 cm³/mol. The van der Waals surface area contributed by atoms with Crippen LogP contribution in [0.4, 0.5) is 17.1 Å². The highest BCUT2D eigenvalue weighted by atomic mass is 16.3. The highest BCUT2D eigenvalue weighted by Gasteiger charge is 2.20. The zero-order chi connectivity index (χ0) is 39.1. The monoisotopic (exact) mass is 644 g/mol. The van der Waals surface area contributed by atoms with E-state index in [1.807, 2.05) is 91.0 Å². The molecule has 10 aromatic rings. The molecule has 0 unspecified atom stereocenters. The number of furan rings is 1. The molecule has 2 nitrogen and oxygen atoms in total. The maximum atomic E-state index is 9.41. The van der Waals surface area contributed by atoms with Crippen LogP contribution < -0.4 is 4.90 Å². The highest BCUT2D eigenvalue weighted by molar-refractivity contribution is 6.16. The van der Waals surface area contributed by atoms with E-state index in [2.05, 4.69) is 54.6 Å². The fraction of sp³-hybridized carbons (Fsp3) is 0. The van der Waals surface area contributed by atoms with Crippen LogP contribution >= 0.6 is 0 Å². The van der Waals surface area contributed by atoms with Crippen LogP contribution in [0.3, 0.4) is 0 Å². The average molecular weight is 645 g/mol. The van der Waals surface area contributed by atoms with Gasteiger partial charge in [-0.05, 0) is 80.7 Å². The molecule has 0 aliphatic heterocycles. The molecule has 50 heavy (non-hydrogen) atoms. The normalized spacial score (nSPS) is 13.6. The van der Waals surface area contributed by atoms with E-state index in [0.717, 1.165) is 65.7 Å². The Kier molecular flexibility index (Phi) is 5.08. The van der Waals surface area contributed by atoms with Crippen LogP contribution in [0.15, 0.2) is 192 Å². The quantitative estimate of drug-likeness (QED) is 0.185. The van der Waals surface area contributed by atoms with E-state index >= 15 is 0 Å². The number of hydrogen-bond donors (Lipinski definition) is 0. The summed E-state index contributed by atoms with van der Waals surface area (Å²) in [7, 11) is 0. The standard InChI is InChI=1S/C48H31NO/c1-4-16-38-32(11-1)14-9-20-39(38)35-23-27-37(28-24-35)49(46-22-10-15-33-12-2-5-17-40(33)46)45-21-8-7-18-41(45)36-26-30-47-44(31-36)43-29-25-34-13-3-6-19-42(34)48(43)50-47/h1-31H/i2D,5D,10D,12D,15D,17D,22D. The minimum absolute atomic E-state index is 0.00286. The zero-order valence-electron chi connectivity index (χ0n) is 33.7. The predicted octanol–water partition coefficient (Wildman–Crippen LogP) is 13.8. The van der Waals surface area contributed by atoms with Crippen molar-refractivity contribution in [2.75, 3.05) is 4.90 Å². The van der Waals surface area contributed by atoms with Gasteiger partial charge in [0.05, 0.1) is 21.0 Å². The second kappa shape index (κ2) is 11.5. The molecular weight excluding hydrogens is 607 g/mol. The lowest BCUT2D eigenvalue weighted by molar-refractivity contribution is 0.672. The number of nitrogens with zero attached hydrogens (tertiary/aromatic N) is 1. The first-order chi connectivity index (χ1) is 27.7. The first-order valence-corrected chi connectivity index (χ1v) is 16.5. The van der Waals surface area contributed by atoms with Crippen LogP contribution in [0.1, 0.15) is 9.60 Å². The lowest BCUT2D eigenvalue weighted by Crippen LogP contribution is -2.11. The Morgan fingerprint density at radius 1 is 0.420 bits per heavy atom. The number of hydrogen-bond acceptors (Lipinski definition) is 2.